The first-order valence-corrected chi connectivity index (χ1v) is 12.4. The second kappa shape index (κ2) is 11.2. The fraction of sp³-hybridized carbons (Fsp3) is 0.233. The number of rotatable bonds is 9. The third-order valence-electron chi connectivity index (χ3n) is 6.76. The van der Waals surface area contributed by atoms with Crippen LogP contribution >= 0.6 is 0 Å². The van der Waals surface area contributed by atoms with Crippen molar-refractivity contribution in [1.82, 2.24) is 14.9 Å². The molecule has 206 valence electrons. The molecule has 0 bridgehead atoms. The van der Waals surface area contributed by atoms with Gasteiger partial charge in [-0.2, -0.15) is 0 Å². The minimum Gasteiger partial charge on any atom is -0.497 e. The molecule has 0 atom stereocenters. The van der Waals surface area contributed by atoms with E-state index in [4.69, 9.17) is 18.9 Å². The first kappa shape index (κ1) is 26.9. The molecular formula is C30H27F2N3O5. The Balaban J connectivity index is 1.58. The van der Waals surface area contributed by atoms with Gasteiger partial charge >= 0.3 is 0 Å². The van der Waals surface area contributed by atoms with Crippen LogP contribution in [-0.2, 0) is 19.5 Å². The van der Waals surface area contributed by atoms with Crippen molar-refractivity contribution in [2.24, 2.45) is 0 Å². The molecule has 8 nitrogen and oxygen atoms in total. The van der Waals surface area contributed by atoms with Crippen LogP contribution in [0.1, 0.15) is 32.9 Å². The van der Waals surface area contributed by atoms with E-state index in [1.54, 1.807) is 49.5 Å². The molecule has 0 fully saturated rings. The van der Waals surface area contributed by atoms with Gasteiger partial charge in [-0.05, 0) is 48.0 Å². The van der Waals surface area contributed by atoms with Crippen molar-refractivity contribution in [3.63, 3.8) is 0 Å². The lowest BCUT2D eigenvalue weighted by Gasteiger charge is -2.18. The van der Waals surface area contributed by atoms with E-state index < -0.39 is 11.6 Å². The van der Waals surface area contributed by atoms with E-state index in [2.05, 4.69) is 9.97 Å². The maximum absolute atomic E-state index is 14.8. The highest BCUT2D eigenvalue weighted by Crippen LogP contribution is 2.35. The van der Waals surface area contributed by atoms with E-state index in [1.165, 1.54) is 32.4 Å². The number of hydrogen-bond donors (Lipinski definition) is 0. The maximum atomic E-state index is 14.8. The number of carbonyl (C=O) groups excluding carboxylic acids is 1. The van der Waals surface area contributed by atoms with E-state index >= 15 is 0 Å². The van der Waals surface area contributed by atoms with Crippen molar-refractivity contribution in [3.8, 4) is 34.4 Å². The van der Waals surface area contributed by atoms with Crippen LogP contribution in [0.5, 0.6) is 23.1 Å². The van der Waals surface area contributed by atoms with Gasteiger partial charge in [0.05, 0.1) is 64.0 Å². The normalized spacial score (nSPS) is 12.3. The standard InChI is InChI=1S/C30H27F2N3O5/c1-37-20-10-8-17(26(14-20)39-3)15-35-16-24-27(30(35)36)18(12-19-9-11-25(38-2)29(33-19)40-4)13-23(34-24)28-21(31)6-5-7-22(28)32/h5-11,13-14H,12,15-16H2,1-4H3. The van der Waals surface area contributed by atoms with Gasteiger partial charge in [0, 0.05) is 23.7 Å². The molecule has 40 heavy (non-hydrogen) atoms. The van der Waals surface area contributed by atoms with E-state index in [1.807, 2.05) is 6.07 Å². The van der Waals surface area contributed by atoms with Gasteiger partial charge in [-0.15, -0.1) is 0 Å². The van der Waals surface area contributed by atoms with Crippen LogP contribution in [0.4, 0.5) is 8.78 Å². The predicted octanol–water partition coefficient (Wildman–Crippen LogP) is 5.20. The third kappa shape index (κ3) is 5.00. The molecule has 0 saturated carbocycles. The molecule has 0 aliphatic carbocycles. The molecule has 4 aromatic rings. The van der Waals surface area contributed by atoms with E-state index in [0.29, 0.717) is 39.8 Å². The number of methoxy groups -OCH3 is 4. The van der Waals surface area contributed by atoms with Gasteiger partial charge in [-0.3, -0.25) is 4.79 Å². The number of carbonyl (C=O) groups is 1. The van der Waals surface area contributed by atoms with Crippen molar-refractivity contribution < 1.29 is 32.5 Å². The van der Waals surface area contributed by atoms with Crippen LogP contribution in [0, 0.1) is 11.6 Å². The Morgan fingerprint density at radius 2 is 1.55 bits per heavy atom. The number of fused-ring (bicyclic) bond motifs is 1. The average molecular weight is 548 g/mol. The first-order chi connectivity index (χ1) is 19.4. The number of aromatic nitrogens is 2. The molecular weight excluding hydrogens is 520 g/mol. The summed E-state index contributed by atoms with van der Waals surface area (Å²) < 4.78 is 51.0. The van der Waals surface area contributed by atoms with E-state index in [9.17, 15) is 13.6 Å². The molecule has 10 heteroatoms. The zero-order valence-electron chi connectivity index (χ0n) is 22.5. The van der Waals surface area contributed by atoms with Crippen molar-refractivity contribution in [2.45, 2.75) is 19.5 Å². The zero-order chi connectivity index (χ0) is 28.4. The van der Waals surface area contributed by atoms with Gasteiger partial charge in [-0.1, -0.05) is 6.07 Å². The number of ether oxygens (including phenoxy) is 4. The zero-order valence-corrected chi connectivity index (χ0v) is 22.5. The molecule has 0 unspecified atom stereocenters. The lowest BCUT2D eigenvalue weighted by Crippen LogP contribution is -2.24. The quantitative estimate of drug-likeness (QED) is 0.285. The summed E-state index contributed by atoms with van der Waals surface area (Å²) >= 11 is 0. The van der Waals surface area contributed by atoms with Crippen molar-refractivity contribution in [3.05, 3.63) is 94.3 Å². The number of halogens is 2. The third-order valence-corrected chi connectivity index (χ3v) is 6.76. The highest BCUT2D eigenvalue weighted by molar-refractivity contribution is 5.99. The summed E-state index contributed by atoms with van der Waals surface area (Å²) in [5, 5.41) is 0. The van der Waals surface area contributed by atoms with E-state index in [-0.39, 0.29) is 42.6 Å². The maximum Gasteiger partial charge on any atom is 0.256 e. The van der Waals surface area contributed by atoms with Gasteiger partial charge in [0.1, 0.15) is 23.1 Å². The Kier molecular flexibility index (Phi) is 7.50. The summed E-state index contributed by atoms with van der Waals surface area (Å²) in [6, 6.07) is 14.0. The first-order valence-electron chi connectivity index (χ1n) is 12.4. The highest BCUT2D eigenvalue weighted by atomic mass is 19.1. The fourth-order valence-electron chi connectivity index (χ4n) is 4.83. The number of hydrogen-bond acceptors (Lipinski definition) is 7. The molecule has 1 aliphatic heterocycles. The summed E-state index contributed by atoms with van der Waals surface area (Å²) in [4.78, 5) is 24.4. The van der Waals surface area contributed by atoms with Crippen LogP contribution < -0.4 is 18.9 Å². The second-order valence-electron chi connectivity index (χ2n) is 9.11. The molecule has 1 aliphatic rings. The summed E-state index contributed by atoms with van der Waals surface area (Å²) in [5.41, 5.74) is 2.53. The molecule has 0 N–H and O–H groups in total. The van der Waals surface area contributed by atoms with Gasteiger partial charge in [-0.25, -0.2) is 18.7 Å². The Hall–Kier alpha value is -4.73. The molecule has 0 radical (unpaired) electrons. The SMILES string of the molecule is COc1ccc(CN2Cc3nc(-c4c(F)cccc4F)cc(Cc4ccc(OC)c(OC)n4)c3C2=O)c(OC)c1. The van der Waals surface area contributed by atoms with Crippen molar-refractivity contribution >= 4 is 5.91 Å². The van der Waals surface area contributed by atoms with Crippen LogP contribution in [0.2, 0.25) is 0 Å². The Morgan fingerprint density at radius 1 is 0.800 bits per heavy atom. The van der Waals surface area contributed by atoms with Crippen LogP contribution in [0.25, 0.3) is 11.3 Å². The highest BCUT2D eigenvalue weighted by Gasteiger charge is 2.33. The van der Waals surface area contributed by atoms with Crippen LogP contribution in [0.3, 0.4) is 0 Å². The average Bonchev–Trinajstić information content (AvgIpc) is 3.27. The number of benzene rings is 2. The number of pyridine rings is 2. The molecule has 2 aromatic carbocycles. The second-order valence-corrected chi connectivity index (χ2v) is 9.11. The van der Waals surface area contributed by atoms with Gasteiger partial charge < -0.3 is 23.8 Å². The Bertz CT molecular complexity index is 1570. The summed E-state index contributed by atoms with van der Waals surface area (Å²) in [6.07, 6.45) is 0.194. The molecule has 5 rings (SSSR count). The van der Waals surface area contributed by atoms with Crippen molar-refractivity contribution in [1.29, 1.82) is 0 Å². The largest absolute Gasteiger partial charge is 0.497 e. The number of nitrogens with zero attached hydrogens (tertiary/aromatic N) is 3. The summed E-state index contributed by atoms with van der Waals surface area (Å²) in [7, 11) is 6.09. The van der Waals surface area contributed by atoms with Crippen LogP contribution in [0.15, 0.2) is 54.6 Å². The Morgan fingerprint density at radius 3 is 2.23 bits per heavy atom. The van der Waals surface area contributed by atoms with Gasteiger partial charge in [0.25, 0.3) is 11.8 Å². The lowest BCUT2D eigenvalue weighted by molar-refractivity contribution is 0.0764. The smallest absolute Gasteiger partial charge is 0.256 e. The summed E-state index contributed by atoms with van der Waals surface area (Å²) in [5.74, 6) is 0.191. The van der Waals surface area contributed by atoms with Gasteiger partial charge in [0.2, 0.25) is 0 Å². The van der Waals surface area contributed by atoms with Gasteiger partial charge in [0.15, 0.2) is 5.75 Å². The monoisotopic (exact) mass is 547 g/mol. The molecule has 0 spiro atoms. The topological polar surface area (TPSA) is 83.0 Å². The van der Waals surface area contributed by atoms with Crippen molar-refractivity contribution in [2.75, 3.05) is 28.4 Å². The molecule has 1 amide bonds. The number of amides is 1. The lowest BCUT2D eigenvalue weighted by atomic mass is 9.98. The molecule has 3 heterocycles. The minimum absolute atomic E-state index is 0.0986. The summed E-state index contributed by atoms with van der Waals surface area (Å²) in [6.45, 7) is 0.388. The van der Waals surface area contributed by atoms with E-state index in [0.717, 1.165) is 5.56 Å². The molecule has 2 aromatic heterocycles. The Labute approximate surface area is 230 Å². The molecule has 0 saturated heterocycles. The predicted molar refractivity (Wildman–Crippen MR) is 143 cm³/mol. The minimum atomic E-state index is -0.744. The van der Waals surface area contributed by atoms with Crippen LogP contribution in [-0.4, -0.2) is 49.2 Å². The fourth-order valence-corrected chi connectivity index (χ4v) is 4.83.